The number of carbonyl (C=O) groups excluding carboxylic acids is 2. The predicted octanol–water partition coefficient (Wildman–Crippen LogP) is 3.11. The molecule has 0 spiro atoms. The Morgan fingerprint density at radius 1 is 1.13 bits per heavy atom. The van der Waals surface area contributed by atoms with Crippen molar-refractivity contribution in [3.05, 3.63) is 72.1 Å². The molecule has 0 aliphatic carbocycles. The molecule has 0 bridgehead atoms. The number of hydrogen-bond donors (Lipinski definition) is 1. The molecule has 2 heterocycles. The van der Waals surface area contributed by atoms with Crippen molar-refractivity contribution in [2.75, 3.05) is 18.0 Å². The van der Waals surface area contributed by atoms with E-state index in [2.05, 4.69) is 10.4 Å². The van der Waals surface area contributed by atoms with Crippen LogP contribution in [-0.4, -0.2) is 40.8 Å². The molecule has 1 N–H and O–H groups in total. The third-order valence-electron chi connectivity index (χ3n) is 5.05. The molecule has 1 aliphatic rings. The molecule has 0 unspecified atom stereocenters. The van der Waals surface area contributed by atoms with E-state index in [0.29, 0.717) is 23.5 Å². The van der Waals surface area contributed by atoms with Crippen LogP contribution in [0.1, 0.15) is 29.4 Å². The minimum absolute atomic E-state index is 0.158. The number of amides is 2. The van der Waals surface area contributed by atoms with Crippen LogP contribution in [0, 0.1) is 6.92 Å². The van der Waals surface area contributed by atoms with Gasteiger partial charge < -0.3 is 15.0 Å². The summed E-state index contributed by atoms with van der Waals surface area (Å²) < 4.78 is 7.68. The lowest BCUT2D eigenvalue weighted by atomic mass is 10.1. The molecule has 0 saturated heterocycles. The lowest BCUT2D eigenvalue weighted by Crippen LogP contribution is -2.50. The number of anilines is 1. The molecule has 0 fully saturated rings. The Morgan fingerprint density at radius 2 is 1.90 bits per heavy atom. The number of nitrogens with one attached hydrogen (secondary N) is 1. The zero-order valence-electron chi connectivity index (χ0n) is 17.0. The number of ether oxygens (including phenoxy) is 1. The van der Waals surface area contributed by atoms with E-state index >= 15 is 0 Å². The third-order valence-corrected chi connectivity index (χ3v) is 5.05. The van der Waals surface area contributed by atoms with Crippen molar-refractivity contribution in [3.8, 4) is 11.4 Å². The fourth-order valence-electron chi connectivity index (χ4n) is 3.47. The van der Waals surface area contributed by atoms with E-state index in [4.69, 9.17) is 4.74 Å². The molecule has 3 aromatic rings. The molecule has 154 valence electrons. The first-order valence-corrected chi connectivity index (χ1v) is 10.0. The Kier molecular flexibility index (Phi) is 5.52. The maximum Gasteiger partial charge on any atom is 0.262 e. The smallest absolute Gasteiger partial charge is 0.262 e. The van der Waals surface area contributed by atoms with Gasteiger partial charge in [0.15, 0.2) is 6.10 Å². The molecule has 1 aliphatic heterocycles. The van der Waals surface area contributed by atoms with Gasteiger partial charge in [0.2, 0.25) is 0 Å². The van der Waals surface area contributed by atoms with Gasteiger partial charge in [-0.3, -0.25) is 9.59 Å². The van der Waals surface area contributed by atoms with E-state index in [1.807, 2.05) is 54.9 Å². The van der Waals surface area contributed by atoms with Gasteiger partial charge in [0.1, 0.15) is 5.75 Å². The van der Waals surface area contributed by atoms with Crippen LogP contribution in [0.5, 0.6) is 5.75 Å². The second-order valence-corrected chi connectivity index (χ2v) is 7.21. The number of fused-ring (bicyclic) bond motifs is 1. The number of nitrogens with zero attached hydrogens (tertiary/aromatic N) is 3. The summed E-state index contributed by atoms with van der Waals surface area (Å²) in [5, 5.41) is 7.14. The Morgan fingerprint density at radius 3 is 2.60 bits per heavy atom. The summed E-state index contributed by atoms with van der Waals surface area (Å²) in [5.41, 5.74) is 3.09. The summed E-state index contributed by atoms with van der Waals surface area (Å²) in [7, 11) is 0. The van der Waals surface area contributed by atoms with Gasteiger partial charge in [-0.15, -0.1) is 0 Å². The summed E-state index contributed by atoms with van der Waals surface area (Å²) in [4.78, 5) is 27.4. The standard InChI is InChI=1S/C23H24N4O3/c1-3-13-24-22(28)21-15-26(19-6-4-5-7-20(19)30-21)23(29)17-8-10-18(11-9-17)27-16(2)12-14-25-27/h4-12,14,21H,3,13,15H2,1-2H3,(H,24,28)/t21-/m1/s1. The molecule has 2 amide bonds. The quantitative estimate of drug-likeness (QED) is 0.709. The SMILES string of the molecule is CCCNC(=O)[C@H]1CN(C(=O)c2ccc(-n3nccc3C)cc2)c2ccccc2O1. The number of hydrogen-bond acceptors (Lipinski definition) is 4. The van der Waals surface area contributed by atoms with E-state index in [9.17, 15) is 9.59 Å². The molecule has 7 nitrogen and oxygen atoms in total. The summed E-state index contributed by atoms with van der Waals surface area (Å²) in [6, 6.07) is 16.5. The highest BCUT2D eigenvalue weighted by Crippen LogP contribution is 2.34. The first kappa shape index (κ1) is 19.7. The van der Waals surface area contributed by atoms with Gasteiger partial charge in [-0.25, -0.2) is 4.68 Å². The molecule has 0 saturated carbocycles. The van der Waals surface area contributed by atoms with Crippen molar-refractivity contribution in [3.63, 3.8) is 0 Å². The molecule has 1 atom stereocenters. The summed E-state index contributed by atoms with van der Waals surface area (Å²) in [6.07, 6.45) is 1.82. The number of aromatic nitrogens is 2. The number of benzene rings is 2. The van der Waals surface area contributed by atoms with Crippen molar-refractivity contribution >= 4 is 17.5 Å². The van der Waals surface area contributed by atoms with E-state index < -0.39 is 6.10 Å². The molecule has 0 radical (unpaired) electrons. The Balaban J connectivity index is 1.60. The van der Waals surface area contributed by atoms with Crippen LogP contribution in [0.25, 0.3) is 5.69 Å². The number of rotatable bonds is 5. The van der Waals surface area contributed by atoms with Gasteiger partial charge in [0.25, 0.3) is 11.8 Å². The molecule has 4 rings (SSSR count). The van der Waals surface area contributed by atoms with Gasteiger partial charge in [-0.2, -0.15) is 5.10 Å². The molecular formula is C23H24N4O3. The second-order valence-electron chi connectivity index (χ2n) is 7.21. The molecule has 1 aromatic heterocycles. The fourth-order valence-corrected chi connectivity index (χ4v) is 3.47. The van der Waals surface area contributed by atoms with Gasteiger partial charge in [-0.05, 0) is 55.8 Å². The Labute approximate surface area is 175 Å². The number of para-hydroxylation sites is 2. The minimum Gasteiger partial charge on any atom is -0.477 e. The highest BCUT2D eigenvalue weighted by atomic mass is 16.5. The van der Waals surface area contributed by atoms with Crippen molar-refractivity contribution in [1.82, 2.24) is 15.1 Å². The molecular weight excluding hydrogens is 380 g/mol. The highest BCUT2D eigenvalue weighted by molar-refractivity contribution is 6.08. The number of carbonyl (C=O) groups is 2. The average Bonchev–Trinajstić information content (AvgIpc) is 3.22. The van der Waals surface area contributed by atoms with Crippen molar-refractivity contribution in [1.29, 1.82) is 0 Å². The van der Waals surface area contributed by atoms with Crippen LogP contribution in [0.15, 0.2) is 60.8 Å². The van der Waals surface area contributed by atoms with Crippen molar-refractivity contribution in [2.24, 2.45) is 0 Å². The van der Waals surface area contributed by atoms with Crippen molar-refractivity contribution < 1.29 is 14.3 Å². The monoisotopic (exact) mass is 404 g/mol. The van der Waals surface area contributed by atoms with Crippen LogP contribution in [0.2, 0.25) is 0 Å². The summed E-state index contributed by atoms with van der Waals surface area (Å²) in [6.45, 7) is 4.69. The number of aryl methyl sites for hydroxylation is 1. The largest absolute Gasteiger partial charge is 0.477 e. The Hall–Kier alpha value is -3.61. The molecule has 7 heteroatoms. The first-order valence-electron chi connectivity index (χ1n) is 10.0. The zero-order chi connectivity index (χ0) is 21.1. The maximum atomic E-state index is 13.3. The fraction of sp³-hybridized carbons (Fsp3) is 0.261. The summed E-state index contributed by atoms with van der Waals surface area (Å²) in [5.74, 6) is 0.133. The van der Waals surface area contributed by atoms with E-state index in [-0.39, 0.29) is 18.4 Å². The van der Waals surface area contributed by atoms with Crippen LogP contribution in [-0.2, 0) is 4.79 Å². The van der Waals surface area contributed by atoms with E-state index in [0.717, 1.165) is 17.8 Å². The molecule has 30 heavy (non-hydrogen) atoms. The van der Waals surface area contributed by atoms with Crippen LogP contribution in [0.3, 0.4) is 0 Å². The molecule has 2 aromatic carbocycles. The lowest BCUT2D eigenvalue weighted by molar-refractivity contribution is -0.127. The first-order chi connectivity index (χ1) is 14.6. The van der Waals surface area contributed by atoms with Gasteiger partial charge in [0.05, 0.1) is 17.9 Å². The van der Waals surface area contributed by atoms with Gasteiger partial charge >= 0.3 is 0 Å². The van der Waals surface area contributed by atoms with Gasteiger partial charge in [0, 0.05) is 24.0 Å². The summed E-state index contributed by atoms with van der Waals surface area (Å²) >= 11 is 0. The van der Waals surface area contributed by atoms with Gasteiger partial charge in [-0.1, -0.05) is 19.1 Å². The maximum absolute atomic E-state index is 13.3. The Bertz CT molecular complexity index is 1060. The van der Waals surface area contributed by atoms with Crippen molar-refractivity contribution in [2.45, 2.75) is 26.4 Å². The minimum atomic E-state index is -0.749. The van der Waals surface area contributed by atoms with E-state index in [1.165, 1.54) is 0 Å². The topological polar surface area (TPSA) is 76.5 Å². The lowest BCUT2D eigenvalue weighted by Gasteiger charge is -2.34. The average molecular weight is 404 g/mol. The second kappa shape index (κ2) is 8.41. The van der Waals surface area contributed by atoms with Crippen LogP contribution >= 0.6 is 0 Å². The normalized spacial score (nSPS) is 15.3. The van der Waals surface area contributed by atoms with Crippen LogP contribution in [0.4, 0.5) is 5.69 Å². The van der Waals surface area contributed by atoms with E-state index in [1.54, 1.807) is 29.3 Å². The van der Waals surface area contributed by atoms with Crippen LogP contribution < -0.4 is 15.0 Å². The predicted molar refractivity (Wildman–Crippen MR) is 114 cm³/mol. The zero-order valence-corrected chi connectivity index (χ0v) is 17.0. The highest BCUT2D eigenvalue weighted by Gasteiger charge is 2.34. The third kappa shape index (κ3) is 3.78.